The molecular formula is C28H30N2O6. The van der Waals surface area contributed by atoms with Crippen LogP contribution in [0.1, 0.15) is 33.1 Å². The molecule has 3 aromatic rings. The number of nitrogens with zero attached hydrogens (tertiary/aromatic N) is 1. The van der Waals surface area contributed by atoms with E-state index in [1.807, 2.05) is 24.3 Å². The zero-order valence-corrected chi connectivity index (χ0v) is 20.9. The molecule has 2 aliphatic rings. The number of ether oxygens (including phenoxy) is 5. The normalized spacial score (nSPS) is 16.3. The number of nitrogens with one attached hydrogen (secondary N) is 1. The molecule has 0 aromatic heterocycles. The van der Waals surface area contributed by atoms with Gasteiger partial charge in [0.1, 0.15) is 11.5 Å². The fraction of sp³-hybridized carbons (Fsp3) is 0.321. The minimum absolute atomic E-state index is 0.127. The Morgan fingerprint density at radius 1 is 1.03 bits per heavy atom. The lowest BCUT2D eigenvalue weighted by Gasteiger charge is -2.36. The molecule has 0 saturated heterocycles. The van der Waals surface area contributed by atoms with E-state index in [0.717, 1.165) is 42.0 Å². The van der Waals surface area contributed by atoms with Crippen molar-refractivity contribution >= 4 is 11.6 Å². The van der Waals surface area contributed by atoms with Crippen molar-refractivity contribution in [1.82, 2.24) is 4.90 Å². The number of anilines is 1. The fourth-order valence-corrected chi connectivity index (χ4v) is 4.92. The minimum Gasteiger partial charge on any atom is -0.497 e. The van der Waals surface area contributed by atoms with Crippen molar-refractivity contribution in [1.29, 1.82) is 0 Å². The van der Waals surface area contributed by atoms with Gasteiger partial charge >= 0.3 is 0 Å². The molecule has 1 amide bonds. The van der Waals surface area contributed by atoms with Crippen LogP contribution in [0, 0.1) is 0 Å². The number of likely N-dealkylation sites (N-methyl/N-ethyl adjacent to an activating group) is 1. The van der Waals surface area contributed by atoms with Gasteiger partial charge in [-0.2, -0.15) is 0 Å². The Morgan fingerprint density at radius 2 is 1.83 bits per heavy atom. The molecule has 188 valence electrons. The fourth-order valence-electron chi connectivity index (χ4n) is 4.92. The maximum Gasteiger partial charge on any atom is 0.259 e. The summed E-state index contributed by atoms with van der Waals surface area (Å²) in [7, 11) is 6.92. The van der Waals surface area contributed by atoms with E-state index < -0.39 is 0 Å². The lowest BCUT2D eigenvalue weighted by molar-refractivity contribution is 0.102. The number of rotatable bonds is 7. The molecular weight excluding hydrogens is 460 g/mol. The molecule has 1 N–H and O–H groups in total. The first-order chi connectivity index (χ1) is 17.5. The van der Waals surface area contributed by atoms with Crippen molar-refractivity contribution in [3.05, 3.63) is 70.8 Å². The van der Waals surface area contributed by atoms with Crippen LogP contribution in [0.2, 0.25) is 0 Å². The van der Waals surface area contributed by atoms with Crippen LogP contribution >= 0.6 is 0 Å². The smallest absolute Gasteiger partial charge is 0.259 e. The molecule has 8 nitrogen and oxygen atoms in total. The highest BCUT2D eigenvalue weighted by Gasteiger charge is 2.34. The second kappa shape index (κ2) is 9.99. The molecule has 36 heavy (non-hydrogen) atoms. The van der Waals surface area contributed by atoms with Crippen LogP contribution in [-0.2, 0) is 12.8 Å². The van der Waals surface area contributed by atoms with Crippen LogP contribution in [0.5, 0.6) is 28.7 Å². The Bertz CT molecular complexity index is 1270. The van der Waals surface area contributed by atoms with Gasteiger partial charge in [0.05, 0.1) is 26.9 Å². The Hall–Kier alpha value is -3.91. The van der Waals surface area contributed by atoms with E-state index in [1.165, 1.54) is 12.7 Å². The molecule has 2 aliphatic heterocycles. The monoisotopic (exact) mass is 490 g/mol. The van der Waals surface area contributed by atoms with E-state index in [4.69, 9.17) is 23.7 Å². The van der Waals surface area contributed by atoms with Crippen molar-refractivity contribution < 1.29 is 28.5 Å². The van der Waals surface area contributed by atoms with Gasteiger partial charge in [-0.25, -0.2) is 0 Å². The van der Waals surface area contributed by atoms with Gasteiger partial charge < -0.3 is 29.0 Å². The Balaban J connectivity index is 1.35. The lowest BCUT2D eigenvalue weighted by Crippen LogP contribution is -2.33. The first-order valence-corrected chi connectivity index (χ1v) is 11.8. The molecule has 0 fully saturated rings. The summed E-state index contributed by atoms with van der Waals surface area (Å²) in [4.78, 5) is 15.2. The molecule has 0 unspecified atom stereocenters. The van der Waals surface area contributed by atoms with Gasteiger partial charge in [0.25, 0.3) is 5.91 Å². The van der Waals surface area contributed by atoms with Crippen molar-refractivity contribution in [2.75, 3.05) is 47.0 Å². The van der Waals surface area contributed by atoms with Gasteiger partial charge in [0, 0.05) is 29.9 Å². The van der Waals surface area contributed by atoms with E-state index in [9.17, 15) is 4.79 Å². The van der Waals surface area contributed by atoms with Gasteiger partial charge in [-0.3, -0.25) is 9.69 Å². The average Bonchev–Trinajstić information content (AvgIpc) is 3.38. The maximum absolute atomic E-state index is 12.9. The van der Waals surface area contributed by atoms with E-state index in [2.05, 4.69) is 23.3 Å². The number of hydrogen-bond donors (Lipinski definition) is 1. The first kappa shape index (κ1) is 23.8. The Kier molecular flexibility index (Phi) is 6.61. The molecule has 0 spiro atoms. The van der Waals surface area contributed by atoms with Crippen LogP contribution in [0.25, 0.3) is 0 Å². The van der Waals surface area contributed by atoms with Crippen molar-refractivity contribution in [2.24, 2.45) is 0 Å². The molecule has 3 aromatic carbocycles. The van der Waals surface area contributed by atoms with Crippen LogP contribution < -0.4 is 29.0 Å². The number of benzene rings is 3. The van der Waals surface area contributed by atoms with E-state index >= 15 is 0 Å². The summed E-state index contributed by atoms with van der Waals surface area (Å²) < 4.78 is 27.7. The maximum atomic E-state index is 12.9. The van der Waals surface area contributed by atoms with E-state index in [1.54, 1.807) is 32.4 Å². The predicted octanol–water partition coefficient (Wildman–Crippen LogP) is 4.47. The Morgan fingerprint density at radius 3 is 2.56 bits per heavy atom. The first-order valence-electron chi connectivity index (χ1n) is 11.8. The number of methoxy groups -OCH3 is 3. The number of hydrogen-bond acceptors (Lipinski definition) is 7. The zero-order valence-electron chi connectivity index (χ0n) is 20.9. The summed E-state index contributed by atoms with van der Waals surface area (Å²) in [6, 6.07) is 15.3. The van der Waals surface area contributed by atoms with E-state index in [0.29, 0.717) is 28.5 Å². The number of carbonyl (C=O) groups is 1. The lowest BCUT2D eigenvalue weighted by atomic mass is 9.87. The quantitative estimate of drug-likeness (QED) is 0.524. The molecule has 8 heteroatoms. The SMILES string of the molecule is COc1ccc(C(=O)Nc2ccc(C[C@@H]3c4c(cc5c(c4OC)OCO5)CCN3C)cc2)c(OC)c1. The molecule has 1 atom stereocenters. The molecule has 0 bridgehead atoms. The topological polar surface area (TPSA) is 78.5 Å². The van der Waals surface area contributed by atoms with Crippen molar-refractivity contribution in [3.8, 4) is 28.7 Å². The second-order valence-corrected chi connectivity index (χ2v) is 8.88. The highest BCUT2D eigenvalue weighted by atomic mass is 16.7. The third kappa shape index (κ3) is 4.40. The van der Waals surface area contributed by atoms with Crippen molar-refractivity contribution in [3.63, 3.8) is 0 Å². The van der Waals surface area contributed by atoms with Gasteiger partial charge in [-0.15, -0.1) is 0 Å². The summed E-state index contributed by atoms with van der Waals surface area (Å²) in [6.45, 7) is 1.16. The van der Waals surface area contributed by atoms with Crippen LogP contribution in [-0.4, -0.2) is 52.5 Å². The highest BCUT2D eigenvalue weighted by molar-refractivity contribution is 6.06. The van der Waals surface area contributed by atoms with E-state index in [-0.39, 0.29) is 18.7 Å². The number of fused-ring (bicyclic) bond motifs is 2. The van der Waals surface area contributed by atoms with Gasteiger partial charge in [0.15, 0.2) is 11.5 Å². The van der Waals surface area contributed by atoms with Crippen molar-refractivity contribution in [2.45, 2.75) is 18.9 Å². The van der Waals surface area contributed by atoms with Gasteiger partial charge in [-0.05, 0) is 61.3 Å². The summed E-state index contributed by atoms with van der Waals surface area (Å²) >= 11 is 0. The van der Waals surface area contributed by atoms with Crippen LogP contribution in [0.15, 0.2) is 48.5 Å². The molecule has 0 aliphatic carbocycles. The third-order valence-corrected chi connectivity index (χ3v) is 6.84. The summed E-state index contributed by atoms with van der Waals surface area (Å²) in [5.41, 5.74) is 4.68. The molecule has 0 radical (unpaired) electrons. The van der Waals surface area contributed by atoms with Gasteiger partial charge in [-0.1, -0.05) is 12.1 Å². The van der Waals surface area contributed by atoms with Crippen LogP contribution in [0.4, 0.5) is 5.69 Å². The Labute approximate surface area is 210 Å². The van der Waals surface area contributed by atoms with Gasteiger partial charge in [0.2, 0.25) is 12.5 Å². The standard InChI is InChI=1S/C28H30N2O6/c1-30-12-11-18-14-24-26(36-16-35-24)27(34-4)25(18)22(30)13-17-5-7-19(8-6-17)29-28(31)21-10-9-20(32-2)15-23(21)33-3/h5-10,14-15,22H,11-13,16H2,1-4H3,(H,29,31)/t22-/m1/s1. The molecule has 2 heterocycles. The minimum atomic E-state index is -0.246. The van der Waals surface area contributed by atoms with Crippen LogP contribution in [0.3, 0.4) is 0 Å². The average molecular weight is 491 g/mol. The summed E-state index contributed by atoms with van der Waals surface area (Å²) in [5, 5.41) is 2.95. The highest BCUT2D eigenvalue weighted by Crippen LogP contribution is 2.50. The number of carbonyl (C=O) groups excluding carboxylic acids is 1. The summed E-state index contributed by atoms with van der Waals surface area (Å²) in [5.74, 6) is 3.03. The number of amides is 1. The third-order valence-electron chi connectivity index (χ3n) is 6.84. The predicted molar refractivity (Wildman–Crippen MR) is 136 cm³/mol. The largest absolute Gasteiger partial charge is 0.497 e. The second-order valence-electron chi connectivity index (χ2n) is 8.88. The zero-order chi connectivity index (χ0) is 25.2. The molecule has 5 rings (SSSR count). The molecule has 0 saturated carbocycles. The summed E-state index contributed by atoms with van der Waals surface area (Å²) in [6.07, 6.45) is 1.72.